The van der Waals surface area contributed by atoms with Crippen molar-refractivity contribution in [2.75, 3.05) is 13.2 Å². The summed E-state index contributed by atoms with van der Waals surface area (Å²) in [7, 11) is 0. The summed E-state index contributed by atoms with van der Waals surface area (Å²) in [6.07, 6.45) is -1.95. The molecular formula is C13H17BrN2O4. The van der Waals surface area contributed by atoms with Crippen LogP contribution in [-0.4, -0.2) is 25.4 Å². The molecule has 0 radical (unpaired) electrons. The predicted molar refractivity (Wildman–Crippen MR) is 77.2 cm³/mol. The first kappa shape index (κ1) is 16.3. The third-order valence-electron chi connectivity index (χ3n) is 2.28. The molecule has 0 fully saturated rings. The highest BCUT2D eigenvalue weighted by Gasteiger charge is 2.18. The molecule has 0 unspecified atom stereocenters. The van der Waals surface area contributed by atoms with Gasteiger partial charge in [-0.15, -0.1) is 0 Å². The zero-order valence-electron chi connectivity index (χ0n) is 11.3. The molecule has 1 aromatic carbocycles. The first-order valence-electron chi connectivity index (χ1n) is 6.18. The zero-order chi connectivity index (χ0) is 15.0. The molecule has 7 heteroatoms. The monoisotopic (exact) mass is 344 g/mol. The Balaban J connectivity index is 2.80. The van der Waals surface area contributed by atoms with E-state index in [-0.39, 0.29) is 13.2 Å². The minimum absolute atomic E-state index is 0.248. The highest BCUT2D eigenvalue weighted by Crippen LogP contribution is 2.15. The number of halogens is 1. The van der Waals surface area contributed by atoms with E-state index in [9.17, 15) is 9.59 Å². The van der Waals surface area contributed by atoms with Gasteiger partial charge in [-0.3, -0.25) is 10.6 Å². The smallest absolute Gasteiger partial charge is 0.409 e. The molecule has 0 spiro atoms. The maximum absolute atomic E-state index is 11.5. The summed E-state index contributed by atoms with van der Waals surface area (Å²) in [5.41, 5.74) is 0.703. The highest BCUT2D eigenvalue weighted by atomic mass is 79.9. The Hall–Kier alpha value is -1.76. The fourth-order valence-corrected chi connectivity index (χ4v) is 1.70. The molecule has 0 aromatic heterocycles. The van der Waals surface area contributed by atoms with Gasteiger partial charge in [0.05, 0.1) is 13.2 Å². The van der Waals surface area contributed by atoms with Gasteiger partial charge in [0.15, 0.2) is 0 Å². The van der Waals surface area contributed by atoms with Crippen LogP contribution >= 0.6 is 15.9 Å². The van der Waals surface area contributed by atoms with E-state index in [2.05, 4.69) is 26.6 Å². The van der Waals surface area contributed by atoms with Crippen LogP contribution in [0.4, 0.5) is 9.59 Å². The molecule has 1 rings (SSSR count). The number of amides is 2. The third kappa shape index (κ3) is 5.48. The summed E-state index contributed by atoms with van der Waals surface area (Å²) in [5, 5.41) is 5.11. The third-order valence-corrected chi connectivity index (χ3v) is 2.81. The number of hydrogen-bond acceptors (Lipinski definition) is 4. The Bertz CT molecular complexity index is 430. The molecule has 0 aliphatic carbocycles. The summed E-state index contributed by atoms with van der Waals surface area (Å²) in [4.78, 5) is 23.0. The molecule has 20 heavy (non-hydrogen) atoms. The minimum Gasteiger partial charge on any atom is -0.450 e. The second-order valence-electron chi connectivity index (χ2n) is 3.71. The summed E-state index contributed by atoms with van der Waals surface area (Å²) >= 11 is 3.32. The molecule has 0 bridgehead atoms. The predicted octanol–water partition coefficient (Wildman–Crippen LogP) is 2.94. The molecule has 110 valence electrons. The van der Waals surface area contributed by atoms with Crippen molar-refractivity contribution >= 4 is 28.1 Å². The number of alkyl carbamates (subject to hydrolysis) is 2. The van der Waals surface area contributed by atoms with Crippen LogP contribution in [0.15, 0.2) is 28.7 Å². The minimum atomic E-state index is -0.721. The van der Waals surface area contributed by atoms with Gasteiger partial charge in [-0.05, 0) is 31.5 Å². The molecule has 0 saturated carbocycles. The number of rotatable bonds is 5. The van der Waals surface area contributed by atoms with Crippen LogP contribution in [0.5, 0.6) is 0 Å². The van der Waals surface area contributed by atoms with Gasteiger partial charge < -0.3 is 9.47 Å². The fourth-order valence-electron chi connectivity index (χ4n) is 1.44. The maximum Gasteiger partial charge on any atom is 0.409 e. The van der Waals surface area contributed by atoms with Crippen molar-refractivity contribution in [3.63, 3.8) is 0 Å². The standard InChI is InChI=1S/C13H17BrN2O4/c1-3-19-12(17)15-11(16-13(18)20-4-2)9-5-7-10(14)8-6-9/h5-8,11H,3-4H2,1-2H3,(H,15,17)(H,16,18). The van der Waals surface area contributed by atoms with Crippen LogP contribution in [0.1, 0.15) is 25.6 Å². The van der Waals surface area contributed by atoms with E-state index in [1.54, 1.807) is 26.0 Å². The summed E-state index contributed by atoms with van der Waals surface area (Å²) in [5.74, 6) is 0. The molecule has 0 heterocycles. The highest BCUT2D eigenvalue weighted by molar-refractivity contribution is 9.10. The van der Waals surface area contributed by atoms with Crippen LogP contribution in [0.3, 0.4) is 0 Å². The van der Waals surface area contributed by atoms with E-state index in [0.717, 1.165) is 4.47 Å². The Kier molecular flexibility index (Phi) is 6.86. The number of carbonyl (C=O) groups is 2. The zero-order valence-corrected chi connectivity index (χ0v) is 12.9. The van der Waals surface area contributed by atoms with E-state index in [1.165, 1.54) is 0 Å². The van der Waals surface area contributed by atoms with Crippen molar-refractivity contribution in [3.05, 3.63) is 34.3 Å². The van der Waals surface area contributed by atoms with Gasteiger partial charge in [-0.25, -0.2) is 9.59 Å². The van der Waals surface area contributed by atoms with E-state index in [0.29, 0.717) is 5.56 Å². The molecule has 2 N–H and O–H groups in total. The number of ether oxygens (including phenoxy) is 2. The van der Waals surface area contributed by atoms with E-state index >= 15 is 0 Å². The molecular weight excluding hydrogens is 328 g/mol. The van der Waals surface area contributed by atoms with Crippen LogP contribution in [0, 0.1) is 0 Å². The molecule has 0 atom stereocenters. The van der Waals surface area contributed by atoms with Crippen molar-refractivity contribution in [1.29, 1.82) is 0 Å². The van der Waals surface area contributed by atoms with Crippen LogP contribution in [-0.2, 0) is 9.47 Å². The van der Waals surface area contributed by atoms with E-state index in [4.69, 9.17) is 9.47 Å². The van der Waals surface area contributed by atoms with Crippen LogP contribution in [0.2, 0.25) is 0 Å². The second kappa shape index (κ2) is 8.42. The first-order valence-corrected chi connectivity index (χ1v) is 6.98. The van der Waals surface area contributed by atoms with Crippen LogP contribution in [0.25, 0.3) is 0 Å². The largest absolute Gasteiger partial charge is 0.450 e. The Morgan fingerprint density at radius 1 is 1.05 bits per heavy atom. The van der Waals surface area contributed by atoms with E-state index < -0.39 is 18.4 Å². The lowest BCUT2D eigenvalue weighted by atomic mass is 10.2. The quantitative estimate of drug-likeness (QED) is 0.805. The second-order valence-corrected chi connectivity index (χ2v) is 4.63. The average molecular weight is 345 g/mol. The Labute approximate surface area is 126 Å². The Morgan fingerprint density at radius 3 is 1.90 bits per heavy atom. The molecule has 2 amide bonds. The SMILES string of the molecule is CCOC(=O)NC(NC(=O)OCC)c1ccc(Br)cc1. The lowest BCUT2D eigenvalue weighted by Gasteiger charge is -2.20. The van der Waals surface area contributed by atoms with Gasteiger partial charge >= 0.3 is 12.2 Å². The summed E-state index contributed by atoms with van der Waals surface area (Å²) in [6.45, 7) is 3.90. The number of benzene rings is 1. The van der Waals surface area contributed by atoms with Gasteiger partial charge in [-0.2, -0.15) is 0 Å². The average Bonchev–Trinajstić information content (AvgIpc) is 2.39. The molecule has 1 aromatic rings. The molecule has 0 aliphatic rings. The lowest BCUT2D eigenvalue weighted by Crippen LogP contribution is -2.41. The van der Waals surface area contributed by atoms with Crippen molar-refractivity contribution in [3.8, 4) is 0 Å². The van der Waals surface area contributed by atoms with Crippen molar-refractivity contribution in [2.45, 2.75) is 20.0 Å². The number of nitrogens with one attached hydrogen (secondary N) is 2. The summed E-state index contributed by atoms with van der Waals surface area (Å²) in [6, 6.07) is 7.16. The van der Waals surface area contributed by atoms with Gasteiger partial charge in [0, 0.05) is 4.47 Å². The van der Waals surface area contributed by atoms with Gasteiger partial charge in [-0.1, -0.05) is 28.1 Å². The Morgan fingerprint density at radius 2 is 1.50 bits per heavy atom. The summed E-state index contributed by atoms with van der Waals surface area (Å²) < 4.78 is 10.5. The van der Waals surface area contributed by atoms with E-state index in [1.807, 2.05) is 12.1 Å². The first-order chi connectivity index (χ1) is 9.56. The van der Waals surface area contributed by atoms with Crippen molar-refractivity contribution in [2.24, 2.45) is 0 Å². The van der Waals surface area contributed by atoms with Crippen molar-refractivity contribution < 1.29 is 19.1 Å². The molecule has 0 saturated heterocycles. The molecule has 0 aliphatic heterocycles. The number of carbonyl (C=O) groups excluding carboxylic acids is 2. The van der Waals surface area contributed by atoms with Crippen molar-refractivity contribution in [1.82, 2.24) is 10.6 Å². The molecule has 6 nitrogen and oxygen atoms in total. The lowest BCUT2D eigenvalue weighted by molar-refractivity contribution is 0.135. The van der Waals surface area contributed by atoms with Crippen LogP contribution < -0.4 is 10.6 Å². The van der Waals surface area contributed by atoms with Gasteiger partial charge in [0.25, 0.3) is 0 Å². The fraction of sp³-hybridized carbons (Fsp3) is 0.385. The topological polar surface area (TPSA) is 76.7 Å². The maximum atomic E-state index is 11.5. The van der Waals surface area contributed by atoms with Gasteiger partial charge in [0.2, 0.25) is 0 Å². The number of hydrogen-bond donors (Lipinski definition) is 2. The van der Waals surface area contributed by atoms with Gasteiger partial charge in [0.1, 0.15) is 6.17 Å². The normalized spacial score (nSPS) is 10.0.